The number of hydrogen-bond donors (Lipinski definition) is 2. The first kappa shape index (κ1) is 20.8. The van der Waals surface area contributed by atoms with Crippen LogP contribution >= 0.6 is 11.8 Å². The molecule has 0 unspecified atom stereocenters. The summed E-state index contributed by atoms with van der Waals surface area (Å²) in [4.78, 5) is 30.5. The van der Waals surface area contributed by atoms with Crippen LogP contribution in [0.1, 0.15) is 27.2 Å². The number of carbonyl (C=O) groups excluding carboxylic acids is 2. The van der Waals surface area contributed by atoms with E-state index in [2.05, 4.69) is 15.2 Å². The van der Waals surface area contributed by atoms with Crippen molar-refractivity contribution < 1.29 is 9.59 Å². The normalized spacial score (nSPS) is 10.5. The lowest BCUT2D eigenvalue weighted by atomic mass is 10.0. The molecule has 0 radical (unpaired) electrons. The summed E-state index contributed by atoms with van der Waals surface area (Å²) in [5.41, 5.74) is 9.62. The number of anilines is 1. The number of para-hydroxylation sites is 1. The van der Waals surface area contributed by atoms with Crippen LogP contribution in [-0.4, -0.2) is 42.7 Å². The molecule has 27 heavy (non-hydrogen) atoms. The number of thioether (sulfide) groups is 1. The number of aromatic nitrogens is 1. The number of pyridine rings is 1. The number of carbonyl (C=O) groups is 2. The van der Waals surface area contributed by atoms with Crippen LogP contribution in [-0.2, 0) is 4.79 Å². The summed E-state index contributed by atoms with van der Waals surface area (Å²) >= 11 is 1.24. The highest BCUT2D eigenvalue weighted by Crippen LogP contribution is 2.26. The Bertz CT molecular complexity index is 824. The SMILES string of the molecule is Cc1nc(SCC(=O)NCCN(C)c2ccccc2)c(C(N)=O)c(C)c1C. The lowest BCUT2D eigenvalue weighted by molar-refractivity contribution is -0.118. The number of hydrogen-bond acceptors (Lipinski definition) is 5. The van der Waals surface area contributed by atoms with Crippen LogP contribution in [0.3, 0.4) is 0 Å². The van der Waals surface area contributed by atoms with E-state index >= 15 is 0 Å². The first-order valence-electron chi connectivity index (χ1n) is 8.74. The monoisotopic (exact) mass is 386 g/mol. The maximum absolute atomic E-state index is 12.2. The molecule has 2 amide bonds. The molecule has 0 aliphatic heterocycles. The first-order valence-corrected chi connectivity index (χ1v) is 9.73. The molecule has 0 fully saturated rings. The van der Waals surface area contributed by atoms with E-state index in [9.17, 15) is 9.59 Å². The van der Waals surface area contributed by atoms with Crippen molar-refractivity contribution in [3.05, 3.63) is 52.7 Å². The molecular formula is C20H26N4O2S. The third kappa shape index (κ3) is 5.47. The number of nitrogens with zero attached hydrogens (tertiary/aromatic N) is 2. The Morgan fingerprint density at radius 2 is 1.81 bits per heavy atom. The van der Waals surface area contributed by atoms with Gasteiger partial charge in [0, 0.05) is 31.5 Å². The number of nitrogens with one attached hydrogen (secondary N) is 1. The van der Waals surface area contributed by atoms with Gasteiger partial charge in [0.25, 0.3) is 5.91 Å². The zero-order valence-corrected chi connectivity index (χ0v) is 17.0. The summed E-state index contributed by atoms with van der Waals surface area (Å²) in [5.74, 6) is -0.436. The van der Waals surface area contributed by atoms with Gasteiger partial charge in [0.1, 0.15) is 5.03 Å². The van der Waals surface area contributed by atoms with Gasteiger partial charge in [0.2, 0.25) is 5.91 Å². The molecule has 144 valence electrons. The van der Waals surface area contributed by atoms with Gasteiger partial charge in [-0.25, -0.2) is 4.98 Å². The van der Waals surface area contributed by atoms with Gasteiger partial charge < -0.3 is 16.0 Å². The standard InChI is InChI=1S/C20H26N4O2S/c1-13-14(2)18(19(21)26)20(23-15(13)3)27-12-17(25)22-10-11-24(4)16-8-6-5-7-9-16/h5-9H,10-12H2,1-4H3,(H2,21,26)(H,22,25). The highest BCUT2D eigenvalue weighted by molar-refractivity contribution is 8.00. The second-order valence-electron chi connectivity index (χ2n) is 6.39. The van der Waals surface area contributed by atoms with E-state index in [-0.39, 0.29) is 11.7 Å². The van der Waals surface area contributed by atoms with Crippen LogP contribution in [0.2, 0.25) is 0 Å². The third-order valence-corrected chi connectivity index (χ3v) is 5.49. The number of likely N-dealkylation sites (N-methyl/N-ethyl adjacent to an activating group) is 1. The van der Waals surface area contributed by atoms with Gasteiger partial charge in [-0.1, -0.05) is 30.0 Å². The van der Waals surface area contributed by atoms with Crippen molar-refractivity contribution in [2.45, 2.75) is 25.8 Å². The third-order valence-electron chi connectivity index (χ3n) is 4.52. The summed E-state index contributed by atoms with van der Waals surface area (Å²) in [7, 11) is 1.98. The van der Waals surface area contributed by atoms with E-state index in [0.29, 0.717) is 23.7 Å². The van der Waals surface area contributed by atoms with Crippen LogP contribution < -0.4 is 16.0 Å². The smallest absolute Gasteiger partial charge is 0.251 e. The topological polar surface area (TPSA) is 88.3 Å². The van der Waals surface area contributed by atoms with Crippen molar-refractivity contribution in [1.82, 2.24) is 10.3 Å². The molecule has 0 spiro atoms. The zero-order valence-electron chi connectivity index (χ0n) is 16.2. The Labute approximate surface area is 164 Å². The fraction of sp³-hybridized carbons (Fsp3) is 0.350. The molecule has 6 nitrogen and oxygen atoms in total. The highest BCUT2D eigenvalue weighted by atomic mass is 32.2. The second kappa shape index (κ2) is 9.41. The molecular weight excluding hydrogens is 360 g/mol. The van der Waals surface area contributed by atoms with E-state index < -0.39 is 5.91 Å². The summed E-state index contributed by atoms with van der Waals surface area (Å²) in [6, 6.07) is 9.98. The average molecular weight is 387 g/mol. The summed E-state index contributed by atoms with van der Waals surface area (Å²) in [6.07, 6.45) is 0. The van der Waals surface area contributed by atoms with Crippen molar-refractivity contribution in [2.75, 3.05) is 30.8 Å². The Balaban J connectivity index is 1.90. The molecule has 1 heterocycles. The minimum atomic E-state index is -0.518. The predicted octanol–water partition coefficient (Wildman–Crippen LogP) is 2.45. The minimum Gasteiger partial charge on any atom is -0.373 e. The summed E-state index contributed by atoms with van der Waals surface area (Å²) < 4.78 is 0. The van der Waals surface area contributed by atoms with E-state index in [4.69, 9.17) is 5.73 Å². The number of rotatable bonds is 8. The Morgan fingerprint density at radius 3 is 2.44 bits per heavy atom. The van der Waals surface area contributed by atoms with Gasteiger partial charge in [0.15, 0.2) is 0 Å². The molecule has 0 aliphatic carbocycles. The molecule has 0 aliphatic rings. The van der Waals surface area contributed by atoms with Crippen molar-refractivity contribution in [2.24, 2.45) is 5.73 Å². The van der Waals surface area contributed by atoms with Crippen LogP contribution in [0, 0.1) is 20.8 Å². The molecule has 0 atom stereocenters. The summed E-state index contributed by atoms with van der Waals surface area (Å²) in [6.45, 7) is 6.89. The van der Waals surface area contributed by atoms with Gasteiger partial charge in [-0.3, -0.25) is 9.59 Å². The van der Waals surface area contributed by atoms with E-state index in [1.807, 2.05) is 58.2 Å². The fourth-order valence-electron chi connectivity index (χ4n) is 2.67. The largest absolute Gasteiger partial charge is 0.373 e. The number of benzene rings is 1. The Hall–Kier alpha value is -2.54. The van der Waals surface area contributed by atoms with E-state index in [0.717, 1.165) is 22.5 Å². The van der Waals surface area contributed by atoms with Gasteiger partial charge in [-0.05, 0) is 44.0 Å². The van der Waals surface area contributed by atoms with Crippen molar-refractivity contribution in [3.8, 4) is 0 Å². The molecule has 2 aromatic rings. The van der Waals surface area contributed by atoms with Crippen molar-refractivity contribution in [3.63, 3.8) is 0 Å². The van der Waals surface area contributed by atoms with Gasteiger partial charge in [-0.15, -0.1) is 0 Å². The molecule has 1 aromatic carbocycles. The molecule has 7 heteroatoms. The van der Waals surface area contributed by atoms with Crippen LogP contribution in [0.5, 0.6) is 0 Å². The average Bonchev–Trinajstić information content (AvgIpc) is 2.64. The van der Waals surface area contributed by atoms with Crippen LogP contribution in [0.25, 0.3) is 0 Å². The van der Waals surface area contributed by atoms with Crippen LogP contribution in [0.15, 0.2) is 35.4 Å². The predicted molar refractivity (Wildman–Crippen MR) is 110 cm³/mol. The van der Waals surface area contributed by atoms with Crippen molar-refractivity contribution >= 4 is 29.3 Å². The summed E-state index contributed by atoms with van der Waals surface area (Å²) in [5, 5.41) is 3.41. The van der Waals surface area contributed by atoms with Gasteiger partial charge >= 0.3 is 0 Å². The fourth-order valence-corrected chi connectivity index (χ4v) is 3.63. The lowest BCUT2D eigenvalue weighted by Crippen LogP contribution is -2.34. The number of aryl methyl sites for hydroxylation is 1. The molecule has 3 N–H and O–H groups in total. The molecule has 2 rings (SSSR count). The zero-order chi connectivity index (χ0) is 20.0. The first-order chi connectivity index (χ1) is 12.8. The Kier molecular flexibility index (Phi) is 7.24. The van der Waals surface area contributed by atoms with Gasteiger partial charge in [0.05, 0.1) is 11.3 Å². The van der Waals surface area contributed by atoms with E-state index in [1.165, 1.54) is 11.8 Å². The maximum atomic E-state index is 12.2. The van der Waals surface area contributed by atoms with Crippen molar-refractivity contribution in [1.29, 1.82) is 0 Å². The number of primary amides is 1. The van der Waals surface area contributed by atoms with Gasteiger partial charge in [-0.2, -0.15) is 0 Å². The van der Waals surface area contributed by atoms with E-state index in [1.54, 1.807) is 0 Å². The van der Waals surface area contributed by atoms with Crippen LogP contribution in [0.4, 0.5) is 5.69 Å². The minimum absolute atomic E-state index is 0.102. The molecule has 1 aromatic heterocycles. The maximum Gasteiger partial charge on any atom is 0.251 e. The number of nitrogens with two attached hydrogens (primary N) is 1. The quantitative estimate of drug-likeness (QED) is 0.681. The lowest BCUT2D eigenvalue weighted by Gasteiger charge is -2.19. The molecule has 0 saturated carbocycles. The molecule has 0 bridgehead atoms. The highest BCUT2D eigenvalue weighted by Gasteiger charge is 2.18. The Morgan fingerprint density at radius 1 is 1.15 bits per heavy atom. The molecule has 0 saturated heterocycles. The number of amides is 2. The second-order valence-corrected chi connectivity index (χ2v) is 7.35.